The maximum Gasteiger partial charge on any atom is 0.241 e. The number of amides is 1. The molecule has 0 radical (unpaired) electrons. The Balaban J connectivity index is 1.74. The highest BCUT2D eigenvalue weighted by molar-refractivity contribution is 5.85. The first kappa shape index (κ1) is 12.7. The second kappa shape index (κ2) is 4.97. The van der Waals surface area contributed by atoms with Crippen molar-refractivity contribution in [3.8, 4) is 0 Å². The van der Waals surface area contributed by atoms with Gasteiger partial charge in [-0.05, 0) is 30.7 Å². The molecule has 3 nitrogen and oxygen atoms in total. The van der Waals surface area contributed by atoms with Gasteiger partial charge in [-0.2, -0.15) is 0 Å². The lowest BCUT2D eigenvalue weighted by Gasteiger charge is -2.26. The molecule has 3 rings (SSSR count). The third-order valence-electron chi connectivity index (χ3n) is 4.08. The molecule has 1 N–H and O–H groups in total. The van der Waals surface area contributed by atoms with E-state index in [9.17, 15) is 4.79 Å². The third-order valence-corrected chi connectivity index (χ3v) is 4.08. The van der Waals surface area contributed by atoms with Gasteiger partial charge in [0.05, 0.1) is 12.2 Å². The first-order chi connectivity index (χ1) is 9.16. The minimum absolute atomic E-state index is 0.0459. The van der Waals surface area contributed by atoms with Crippen LogP contribution in [0.1, 0.15) is 32.3 Å². The molecule has 1 aromatic carbocycles. The van der Waals surface area contributed by atoms with Crippen LogP contribution in [0.4, 0.5) is 0 Å². The number of hydrogen-bond donors (Lipinski definition) is 1. The quantitative estimate of drug-likeness (QED) is 0.897. The van der Waals surface area contributed by atoms with Crippen LogP contribution in [0, 0.1) is 5.92 Å². The zero-order valence-electron chi connectivity index (χ0n) is 11.7. The monoisotopic (exact) mass is 258 g/mol. The van der Waals surface area contributed by atoms with Gasteiger partial charge in [0, 0.05) is 6.04 Å². The molecule has 1 aromatic rings. The van der Waals surface area contributed by atoms with Crippen molar-refractivity contribution in [1.82, 2.24) is 10.2 Å². The van der Waals surface area contributed by atoms with Crippen LogP contribution in [0.15, 0.2) is 30.3 Å². The van der Waals surface area contributed by atoms with Crippen LogP contribution >= 0.6 is 0 Å². The molecule has 0 bridgehead atoms. The molecule has 1 amide bonds. The van der Waals surface area contributed by atoms with E-state index >= 15 is 0 Å². The fourth-order valence-corrected chi connectivity index (χ4v) is 2.94. The van der Waals surface area contributed by atoms with Gasteiger partial charge in [0.25, 0.3) is 0 Å². The molecular weight excluding hydrogens is 236 g/mol. The first-order valence-electron chi connectivity index (χ1n) is 7.29. The molecule has 1 aliphatic carbocycles. The predicted molar refractivity (Wildman–Crippen MR) is 75.6 cm³/mol. The Bertz CT molecular complexity index is 453. The summed E-state index contributed by atoms with van der Waals surface area (Å²) in [5.74, 6) is 0.760. The van der Waals surface area contributed by atoms with Crippen molar-refractivity contribution in [1.29, 1.82) is 0 Å². The summed E-state index contributed by atoms with van der Waals surface area (Å²) in [6, 6.07) is 10.7. The topological polar surface area (TPSA) is 32.3 Å². The Kier molecular flexibility index (Phi) is 3.31. The van der Waals surface area contributed by atoms with Crippen LogP contribution in [-0.2, 0) is 11.2 Å². The lowest BCUT2D eigenvalue weighted by atomic mass is 10.1. The van der Waals surface area contributed by atoms with E-state index in [0.29, 0.717) is 17.9 Å². The highest BCUT2D eigenvalue weighted by atomic mass is 16.2. The van der Waals surface area contributed by atoms with Crippen LogP contribution in [0.2, 0.25) is 0 Å². The van der Waals surface area contributed by atoms with Crippen molar-refractivity contribution in [2.45, 2.75) is 51.4 Å². The molecule has 2 atom stereocenters. The fraction of sp³-hybridized carbons (Fsp3) is 0.562. The Morgan fingerprint density at radius 2 is 1.95 bits per heavy atom. The van der Waals surface area contributed by atoms with Gasteiger partial charge in [0.2, 0.25) is 5.91 Å². The maximum atomic E-state index is 12.6. The number of nitrogens with one attached hydrogen (secondary N) is 1. The van der Waals surface area contributed by atoms with E-state index in [1.54, 1.807) is 0 Å². The normalized spacial score (nSPS) is 27.3. The van der Waals surface area contributed by atoms with Gasteiger partial charge in [0.1, 0.15) is 0 Å². The Labute approximate surface area is 115 Å². The Hall–Kier alpha value is -1.35. The van der Waals surface area contributed by atoms with Crippen LogP contribution in [0.5, 0.6) is 0 Å². The second-order valence-corrected chi connectivity index (χ2v) is 6.07. The SMILES string of the molecule is CC(C)C1NC(Cc2ccccc2)C(=O)N1C1CC1. The van der Waals surface area contributed by atoms with E-state index in [1.165, 1.54) is 18.4 Å². The highest BCUT2D eigenvalue weighted by Gasteiger charge is 2.46. The van der Waals surface area contributed by atoms with Crippen molar-refractivity contribution >= 4 is 5.91 Å². The van der Waals surface area contributed by atoms with Crippen LogP contribution < -0.4 is 5.32 Å². The fourth-order valence-electron chi connectivity index (χ4n) is 2.94. The van der Waals surface area contributed by atoms with Crippen LogP contribution in [-0.4, -0.2) is 29.1 Å². The maximum absolute atomic E-state index is 12.6. The molecule has 19 heavy (non-hydrogen) atoms. The summed E-state index contributed by atoms with van der Waals surface area (Å²) in [6.07, 6.45) is 3.36. The van der Waals surface area contributed by atoms with Gasteiger partial charge >= 0.3 is 0 Å². The zero-order valence-corrected chi connectivity index (χ0v) is 11.7. The molecule has 1 aliphatic heterocycles. The van der Waals surface area contributed by atoms with Crippen LogP contribution in [0.3, 0.4) is 0 Å². The van der Waals surface area contributed by atoms with Gasteiger partial charge in [-0.15, -0.1) is 0 Å². The number of carbonyl (C=O) groups excluding carboxylic acids is 1. The van der Waals surface area contributed by atoms with E-state index in [2.05, 4.69) is 36.2 Å². The molecule has 0 spiro atoms. The highest BCUT2D eigenvalue weighted by Crippen LogP contribution is 2.33. The smallest absolute Gasteiger partial charge is 0.241 e. The average molecular weight is 258 g/mol. The van der Waals surface area contributed by atoms with Crippen molar-refractivity contribution in [2.75, 3.05) is 0 Å². The number of rotatable bonds is 4. The summed E-state index contributed by atoms with van der Waals surface area (Å²) in [5, 5.41) is 3.54. The molecule has 1 saturated heterocycles. The number of hydrogen-bond acceptors (Lipinski definition) is 2. The molecule has 2 unspecified atom stereocenters. The van der Waals surface area contributed by atoms with E-state index in [4.69, 9.17) is 0 Å². The second-order valence-electron chi connectivity index (χ2n) is 6.07. The third kappa shape index (κ3) is 2.52. The number of carbonyl (C=O) groups is 1. The van der Waals surface area contributed by atoms with Crippen LogP contribution in [0.25, 0.3) is 0 Å². The van der Waals surface area contributed by atoms with E-state index in [-0.39, 0.29) is 12.2 Å². The molecule has 0 aromatic heterocycles. The molecule has 2 fully saturated rings. The minimum Gasteiger partial charge on any atom is -0.323 e. The molecule has 3 heteroatoms. The molecule has 2 aliphatic rings. The van der Waals surface area contributed by atoms with Gasteiger partial charge in [-0.1, -0.05) is 44.2 Å². The van der Waals surface area contributed by atoms with Crippen molar-refractivity contribution in [3.05, 3.63) is 35.9 Å². The lowest BCUT2D eigenvalue weighted by molar-refractivity contribution is -0.131. The van der Waals surface area contributed by atoms with Crippen molar-refractivity contribution in [2.24, 2.45) is 5.92 Å². The summed E-state index contributed by atoms with van der Waals surface area (Å²) in [4.78, 5) is 14.7. The summed E-state index contributed by atoms with van der Waals surface area (Å²) in [6.45, 7) is 4.37. The summed E-state index contributed by atoms with van der Waals surface area (Å²) in [7, 11) is 0. The summed E-state index contributed by atoms with van der Waals surface area (Å²) >= 11 is 0. The van der Waals surface area contributed by atoms with Crippen molar-refractivity contribution < 1.29 is 4.79 Å². The molecule has 1 heterocycles. The van der Waals surface area contributed by atoms with E-state index < -0.39 is 0 Å². The average Bonchev–Trinajstić information content (AvgIpc) is 3.17. The standard InChI is InChI=1S/C16H22N2O/c1-11(2)15-17-14(10-12-6-4-3-5-7-12)16(19)18(15)13-8-9-13/h3-7,11,13-15,17H,8-10H2,1-2H3. The molecular formula is C16H22N2O. The minimum atomic E-state index is -0.0459. The predicted octanol–water partition coefficient (Wildman–Crippen LogP) is 2.17. The van der Waals surface area contributed by atoms with Gasteiger partial charge in [0.15, 0.2) is 0 Å². The first-order valence-corrected chi connectivity index (χ1v) is 7.29. The van der Waals surface area contributed by atoms with Gasteiger partial charge < -0.3 is 4.90 Å². The lowest BCUT2D eigenvalue weighted by Crippen LogP contribution is -2.42. The molecule has 102 valence electrons. The zero-order chi connectivity index (χ0) is 13.4. The summed E-state index contributed by atoms with van der Waals surface area (Å²) in [5.41, 5.74) is 1.23. The molecule has 1 saturated carbocycles. The van der Waals surface area contributed by atoms with E-state index in [0.717, 1.165) is 6.42 Å². The Morgan fingerprint density at radius 3 is 2.53 bits per heavy atom. The summed E-state index contributed by atoms with van der Waals surface area (Å²) < 4.78 is 0. The van der Waals surface area contributed by atoms with E-state index in [1.807, 2.05) is 18.2 Å². The Morgan fingerprint density at radius 1 is 1.26 bits per heavy atom. The van der Waals surface area contributed by atoms with Crippen molar-refractivity contribution in [3.63, 3.8) is 0 Å². The largest absolute Gasteiger partial charge is 0.323 e. The number of benzene rings is 1. The van der Waals surface area contributed by atoms with Gasteiger partial charge in [-0.3, -0.25) is 10.1 Å². The van der Waals surface area contributed by atoms with Gasteiger partial charge in [-0.25, -0.2) is 0 Å². The number of nitrogens with zero attached hydrogens (tertiary/aromatic N) is 1.